The van der Waals surface area contributed by atoms with Crippen molar-refractivity contribution < 1.29 is 9.36 Å². The molecule has 1 aliphatic rings. The molecule has 0 saturated carbocycles. The Labute approximate surface area is 71.1 Å². The van der Waals surface area contributed by atoms with Crippen LogP contribution in [0.15, 0.2) is 30.0 Å². The first-order valence-corrected chi connectivity index (χ1v) is 3.79. The second-order valence-electron chi connectivity index (χ2n) is 2.70. The minimum atomic E-state index is 0.470. The topological polar surface area (TPSA) is 26.3 Å². The van der Waals surface area contributed by atoms with Gasteiger partial charge in [-0.25, -0.2) is 0 Å². The molecule has 0 unspecified atom stereocenters. The van der Waals surface area contributed by atoms with Crippen molar-refractivity contribution in [3.8, 4) is 0 Å². The summed E-state index contributed by atoms with van der Waals surface area (Å²) in [6.45, 7) is 0. The van der Waals surface area contributed by atoms with Crippen molar-refractivity contribution in [2.24, 2.45) is 0 Å². The molecule has 0 amide bonds. The monoisotopic (exact) mass is 158 g/mol. The van der Waals surface area contributed by atoms with E-state index in [0.29, 0.717) is 7.35 Å². The predicted molar refractivity (Wildman–Crippen MR) is 45.6 cm³/mol. The van der Waals surface area contributed by atoms with Gasteiger partial charge in [-0.1, -0.05) is 0 Å². The zero-order chi connectivity index (χ0) is 8.39. The Morgan fingerprint density at radius 2 is 2.17 bits per heavy atom. The van der Waals surface area contributed by atoms with Crippen LogP contribution in [0.4, 0.5) is 0 Å². The Kier molecular flexibility index (Phi) is 1.78. The van der Waals surface area contributed by atoms with Gasteiger partial charge < -0.3 is 0 Å². The van der Waals surface area contributed by atoms with E-state index in [-0.39, 0.29) is 0 Å². The molecule has 12 heavy (non-hydrogen) atoms. The summed E-state index contributed by atoms with van der Waals surface area (Å²) >= 11 is 0. The number of fused-ring (bicyclic) bond motifs is 1. The number of hydrogen-bond acceptors (Lipinski definition) is 2. The number of benzene rings is 1. The zero-order valence-corrected chi connectivity index (χ0v) is 6.49. The molecule has 0 spiro atoms. The molecule has 0 aromatic heterocycles. The maximum absolute atomic E-state index is 10.0. The van der Waals surface area contributed by atoms with Crippen molar-refractivity contribution in [3.05, 3.63) is 41.2 Å². The van der Waals surface area contributed by atoms with Crippen LogP contribution in [-0.4, -0.2) is 7.35 Å². The Bertz CT molecular complexity index is 344. The van der Waals surface area contributed by atoms with Crippen molar-refractivity contribution in [3.63, 3.8) is 0 Å². The van der Waals surface area contributed by atoms with Gasteiger partial charge in [-0.15, -0.1) is 0 Å². The van der Waals surface area contributed by atoms with Crippen LogP contribution in [0.25, 0.3) is 6.08 Å². The van der Waals surface area contributed by atoms with Crippen LogP contribution in [0, 0.1) is 0 Å². The van der Waals surface area contributed by atoms with E-state index in [4.69, 9.17) is 4.65 Å². The molecule has 1 aromatic rings. The Morgan fingerprint density at radius 1 is 1.33 bits per heavy atom. The van der Waals surface area contributed by atoms with Gasteiger partial charge in [0.2, 0.25) is 0 Å². The van der Waals surface area contributed by atoms with Gasteiger partial charge >= 0.3 is 70.4 Å². The molecule has 0 N–H and O–H groups in total. The predicted octanol–water partition coefficient (Wildman–Crippen LogP) is 1.56. The van der Waals surface area contributed by atoms with Crippen molar-refractivity contribution in [2.75, 3.05) is 0 Å². The fraction of sp³-hybridized carbons (Fsp3) is 0.111. The summed E-state index contributed by atoms with van der Waals surface area (Å²) in [5.41, 5.74) is 2.36. The van der Waals surface area contributed by atoms with Crippen LogP contribution < -0.4 is 0 Å². The summed E-state index contributed by atoms with van der Waals surface area (Å²) in [7, 11) is 0.470. The average Bonchev–Trinajstić information content (AvgIpc) is 2.47. The third-order valence-corrected chi connectivity index (χ3v) is 1.94. The summed E-state index contributed by atoms with van der Waals surface area (Å²) in [4.78, 5) is 0. The molecule has 2 rings (SSSR count). The quantitative estimate of drug-likeness (QED) is 0.610. The molecule has 0 radical (unpaired) electrons. The third kappa shape index (κ3) is 1.18. The fourth-order valence-corrected chi connectivity index (χ4v) is 1.39. The van der Waals surface area contributed by atoms with Crippen LogP contribution in [0.1, 0.15) is 11.1 Å². The van der Waals surface area contributed by atoms with Crippen LogP contribution in [0.2, 0.25) is 0 Å². The molecule has 58 valence electrons. The third-order valence-electron chi connectivity index (χ3n) is 1.94. The first-order valence-electron chi connectivity index (χ1n) is 3.79. The average molecular weight is 158 g/mol. The number of allylic oxidation sites excluding steroid dienone is 1. The van der Waals surface area contributed by atoms with E-state index >= 15 is 0 Å². The molecule has 0 aliphatic heterocycles. The number of rotatable bonds is 2. The molecule has 1 aromatic carbocycles. The summed E-state index contributed by atoms with van der Waals surface area (Å²) in [5, 5.41) is 0. The van der Waals surface area contributed by atoms with Crippen LogP contribution in [0.5, 0.6) is 0 Å². The van der Waals surface area contributed by atoms with Gasteiger partial charge in [0.25, 0.3) is 0 Å². The summed E-state index contributed by atoms with van der Waals surface area (Å²) in [6.07, 6.45) is 2.62. The maximum atomic E-state index is 10.0. The fourth-order valence-electron chi connectivity index (χ4n) is 1.39. The number of hydrogen-bond donors (Lipinski definition) is 0. The van der Waals surface area contributed by atoms with E-state index in [1.165, 1.54) is 5.56 Å². The van der Waals surface area contributed by atoms with Gasteiger partial charge in [-0.3, -0.25) is 0 Å². The van der Waals surface area contributed by atoms with E-state index in [9.17, 15) is 4.70 Å². The molecule has 3 heteroatoms. The molecular formula is C9H7BO2. The van der Waals surface area contributed by atoms with E-state index in [1.807, 2.05) is 30.3 Å². The van der Waals surface area contributed by atoms with Gasteiger partial charge in [0, 0.05) is 0 Å². The van der Waals surface area contributed by atoms with Crippen molar-refractivity contribution in [2.45, 2.75) is 6.42 Å². The summed E-state index contributed by atoms with van der Waals surface area (Å²) in [6, 6.07) is 8.00. The Hall–Kier alpha value is -1.38. The van der Waals surface area contributed by atoms with Crippen LogP contribution in [-0.2, 0) is 15.8 Å². The molecule has 0 fully saturated rings. The SMILES string of the molecule is O=BOC1=Cc2ccccc2C1. The standard InChI is InChI=1S/C9H7BO2/c11-10-12-9-5-7-3-1-2-4-8(7)6-9/h1-5H,6H2. The first kappa shape index (κ1) is 7.28. The van der Waals surface area contributed by atoms with E-state index < -0.39 is 0 Å². The van der Waals surface area contributed by atoms with Crippen molar-refractivity contribution in [1.82, 2.24) is 0 Å². The first-order chi connectivity index (χ1) is 5.90. The van der Waals surface area contributed by atoms with Crippen LogP contribution in [0.3, 0.4) is 0 Å². The Balaban J connectivity index is 2.28. The second-order valence-corrected chi connectivity index (χ2v) is 2.70. The van der Waals surface area contributed by atoms with Crippen LogP contribution >= 0.6 is 0 Å². The van der Waals surface area contributed by atoms with Gasteiger partial charge in [0.15, 0.2) is 0 Å². The second kappa shape index (κ2) is 2.93. The molecular weight excluding hydrogens is 151 g/mol. The molecule has 0 bridgehead atoms. The van der Waals surface area contributed by atoms with E-state index in [0.717, 1.165) is 17.7 Å². The van der Waals surface area contributed by atoms with Gasteiger partial charge in [-0.2, -0.15) is 0 Å². The van der Waals surface area contributed by atoms with Crippen molar-refractivity contribution in [1.29, 1.82) is 0 Å². The van der Waals surface area contributed by atoms with Crippen molar-refractivity contribution >= 4 is 13.4 Å². The summed E-state index contributed by atoms with van der Waals surface area (Å²) in [5.74, 6) is 0.728. The van der Waals surface area contributed by atoms with Gasteiger partial charge in [0.05, 0.1) is 0 Å². The van der Waals surface area contributed by atoms with E-state index in [1.54, 1.807) is 0 Å². The molecule has 0 heterocycles. The molecule has 2 nitrogen and oxygen atoms in total. The molecule has 0 atom stereocenters. The normalized spacial score (nSPS) is 13.2. The summed E-state index contributed by atoms with van der Waals surface area (Å²) < 4.78 is 14.8. The zero-order valence-electron chi connectivity index (χ0n) is 6.49. The minimum absolute atomic E-state index is 0.470. The van der Waals surface area contributed by atoms with Gasteiger partial charge in [-0.05, 0) is 0 Å². The Morgan fingerprint density at radius 3 is 2.92 bits per heavy atom. The molecule has 1 aliphatic carbocycles. The van der Waals surface area contributed by atoms with E-state index in [2.05, 4.69) is 0 Å². The van der Waals surface area contributed by atoms with Gasteiger partial charge in [0.1, 0.15) is 0 Å². The molecule has 0 saturated heterocycles.